The number of benzene rings is 1. The highest BCUT2D eigenvalue weighted by Crippen LogP contribution is 2.28. The summed E-state index contributed by atoms with van der Waals surface area (Å²) in [5.41, 5.74) is -0.273. The van der Waals surface area contributed by atoms with Crippen LogP contribution in [0.2, 0.25) is 0 Å². The maximum atomic E-state index is 12.1. The third kappa shape index (κ3) is 2.25. The summed E-state index contributed by atoms with van der Waals surface area (Å²) in [6, 6.07) is 4.45. The van der Waals surface area contributed by atoms with Gasteiger partial charge in [0.2, 0.25) is 0 Å². The Morgan fingerprint density at radius 1 is 1.21 bits per heavy atom. The molecule has 5 heteroatoms. The smallest absolute Gasteiger partial charge is 0.373 e. The maximum absolute atomic E-state index is 12.1. The van der Waals surface area contributed by atoms with Gasteiger partial charge in [-0.2, -0.15) is 13.2 Å². The van der Waals surface area contributed by atoms with E-state index in [-0.39, 0.29) is 5.84 Å². The highest BCUT2D eigenvalue weighted by molar-refractivity contribution is 5.96. The molecule has 0 heterocycles. The van der Waals surface area contributed by atoms with Crippen LogP contribution in [-0.4, -0.2) is 12.9 Å². The van der Waals surface area contributed by atoms with Crippen LogP contribution in [0.1, 0.15) is 11.1 Å². The molecular formula is C9H9F3N2. The monoisotopic (exact) mass is 202 g/mol. The van der Waals surface area contributed by atoms with Crippen molar-refractivity contribution < 1.29 is 13.2 Å². The van der Waals surface area contributed by atoms with Crippen molar-refractivity contribution in [3.8, 4) is 0 Å². The first-order valence-electron chi connectivity index (χ1n) is 3.89. The fraction of sp³-hybridized carbons (Fsp3) is 0.222. The summed E-state index contributed by atoms with van der Waals surface area (Å²) >= 11 is 0. The zero-order valence-corrected chi connectivity index (χ0v) is 7.44. The summed E-state index contributed by atoms with van der Waals surface area (Å²) in [7, 11) is 1.54. The first-order valence-corrected chi connectivity index (χ1v) is 3.89. The fourth-order valence-corrected chi connectivity index (χ4v) is 0.970. The lowest BCUT2D eigenvalue weighted by Gasteiger charge is -2.07. The van der Waals surface area contributed by atoms with Crippen LogP contribution in [0.3, 0.4) is 0 Å². The Kier molecular flexibility index (Phi) is 2.78. The van der Waals surface area contributed by atoms with E-state index in [1.807, 2.05) is 0 Å². The minimum atomic E-state index is -4.32. The molecule has 1 rings (SSSR count). The molecule has 0 aliphatic rings. The third-order valence-corrected chi connectivity index (χ3v) is 1.75. The molecule has 0 atom stereocenters. The van der Waals surface area contributed by atoms with Crippen molar-refractivity contribution in [1.82, 2.24) is 5.32 Å². The summed E-state index contributed by atoms with van der Waals surface area (Å²) in [6.45, 7) is 0. The van der Waals surface area contributed by atoms with E-state index in [0.29, 0.717) is 5.56 Å². The minimum Gasteiger partial charge on any atom is -0.373 e. The van der Waals surface area contributed by atoms with Crippen LogP contribution in [0.25, 0.3) is 0 Å². The molecule has 1 aromatic rings. The summed E-state index contributed by atoms with van der Waals surface area (Å²) in [6.07, 6.45) is -4.32. The normalized spacial score (nSPS) is 11.1. The van der Waals surface area contributed by atoms with E-state index in [2.05, 4.69) is 5.32 Å². The van der Waals surface area contributed by atoms with Crippen molar-refractivity contribution in [2.24, 2.45) is 0 Å². The van der Waals surface area contributed by atoms with Gasteiger partial charge < -0.3 is 5.32 Å². The second-order valence-electron chi connectivity index (χ2n) is 2.70. The Bertz CT molecular complexity index is 327. The number of amidine groups is 1. The van der Waals surface area contributed by atoms with Gasteiger partial charge in [0.1, 0.15) is 5.84 Å². The highest BCUT2D eigenvalue weighted by atomic mass is 19.4. The van der Waals surface area contributed by atoms with E-state index >= 15 is 0 Å². The molecule has 0 aromatic heterocycles. The van der Waals surface area contributed by atoms with Crippen molar-refractivity contribution in [2.75, 3.05) is 7.05 Å². The Morgan fingerprint density at radius 2 is 1.71 bits per heavy atom. The molecule has 0 saturated heterocycles. The van der Waals surface area contributed by atoms with E-state index in [1.54, 1.807) is 7.05 Å². The van der Waals surface area contributed by atoms with Gasteiger partial charge in [-0.15, -0.1) is 0 Å². The molecule has 0 bridgehead atoms. The van der Waals surface area contributed by atoms with Gasteiger partial charge in [-0.3, -0.25) is 5.41 Å². The number of hydrogen-bond donors (Lipinski definition) is 2. The standard InChI is InChI=1S/C9H9F3N2/c1-14-8(13)6-2-4-7(5-3-6)9(10,11)12/h2-5H,1H3,(H2,13,14). The van der Waals surface area contributed by atoms with E-state index in [4.69, 9.17) is 5.41 Å². The first-order chi connectivity index (χ1) is 6.45. The van der Waals surface area contributed by atoms with E-state index in [9.17, 15) is 13.2 Å². The molecule has 0 amide bonds. The molecule has 2 nitrogen and oxygen atoms in total. The van der Waals surface area contributed by atoms with Gasteiger partial charge in [-0.1, -0.05) is 12.1 Å². The number of alkyl halides is 3. The molecule has 1 aromatic carbocycles. The van der Waals surface area contributed by atoms with Gasteiger partial charge in [-0.05, 0) is 12.1 Å². The molecule has 0 unspecified atom stereocenters. The number of hydrogen-bond acceptors (Lipinski definition) is 1. The second-order valence-corrected chi connectivity index (χ2v) is 2.70. The van der Waals surface area contributed by atoms with E-state index < -0.39 is 11.7 Å². The van der Waals surface area contributed by atoms with Crippen molar-refractivity contribution >= 4 is 5.84 Å². The van der Waals surface area contributed by atoms with Gasteiger partial charge in [0.25, 0.3) is 0 Å². The number of halogens is 3. The van der Waals surface area contributed by atoms with Crippen molar-refractivity contribution in [1.29, 1.82) is 5.41 Å². The summed E-state index contributed by atoms with van der Waals surface area (Å²) in [4.78, 5) is 0. The molecule has 0 spiro atoms. The van der Waals surface area contributed by atoms with Gasteiger partial charge >= 0.3 is 6.18 Å². The second kappa shape index (κ2) is 3.69. The number of rotatable bonds is 1. The van der Waals surface area contributed by atoms with Crippen molar-refractivity contribution in [3.63, 3.8) is 0 Å². The lowest BCUT2D eigenvalue weighted by atomic mass is 10.1. The van der Waals surface area contributed by atoms with Gasteiger partial charge in [0.05, 0.1) is 5.56 Å². The molecular weight excluding hydrogens is 193 g/mol. The molecule has 0 aliphatic heterocycles. The largest absolute Gasteiger partial charge is 0.416 e. The lowest BCUT2D eigenvalue weighted by molar-refractivity contribution is -0.137. The Labute approximate surface area is 79.3 Å². The summed E-state index contributed by atoms with van der Waals surface area (Å²) in [5, 5.41) is 9.85. The quantitative estimate of drug-likeness (QED) is 0.531. The highest BCUT2D eigenvalue weighted by Gasteiger charge is 2.29. The maximum Gasteiger partial charge on any atom is 0.416 e. The molecule has 76 valence electrons. The van der Waals surface area contributed by atoms with Crippen LogP contribution in [0.4, 0.5) is 13.2 Å². The molecule has 2 N–H and O–H groups in total. The Hall–Kier alpha value is -1.52. The van der Waals surface area contributed by atoms with Crippen LogP contribution < -0.4 is 5.32 Å². The molecule has 0 saturated carbocycles. The average Bonchev–Trinajstić information content (AvgIpc) is 2.15. The molecule has 0 fully saturated rings. The van der Waals surface area contributed by atoms with Crippen LogP contribution in [0.5, 0.6) is 0 Å². The average molecular weight is 202 g/mol. The molecule has 14 heavy (non-hydrogen) atoms. The Morgan fingerprint density at radius 3 is 2.07 bits per heavy atom. The molecule has 0 radical (unpaired) electrons. The minimum absolute atomic E-state index is 0.0960. The predicted molar refractivity (Wildman–Crippen MR) is 47.3 cm³/mol. The summed E-state index contributed by atoms with van der Waals surface area (Å²) in [5.74, 6) is 0.0960. The zero-order valence-electron chi connectivity index (χ0n) is 7.44. The predicted octanol–water partition coefficient (Wildman–Crippen LogP) is 2.25. The first kappa shape index (κ1) is 10.6. The van der Waals surface area contributed by atoms with Gasteiger partial charge in [0.15, 0.2) is 0 Å². The van der Waals surface area contributed by atoms with Gasteiger partial charge in [-0.25, -0.2) is 0 Å². The lowest BCUT2D eigenvalue weighted by Crippen LogP contribution is -2.18. The summed E-state index contributed by atoms with van der Waals surface area (Å²) < 4.78 is 36.4. The number of nitrogens with one attached hydrogen (secondary N) is 2. The fourth-order valence-electron chi connectivity index (χ4n) is 0.970. The SMILES string of the molecule is CNC(=N)c1ccc(C(F)(F)F)cc1. The van der Waals surface area contributed by atoms with Crippen LogP contribution in [0, 0.1) is 5.41 Å². The third-order valence-electron chi connectivity index (χ3n) is 1.75. The van der Waals surface area contributed by atoms with Crippen LogP contribution >= 0.6 is 0 Å². The Balaban J connectivity index is 2.95. The van der Waals surface area contributed by atoms with Crippen LogP contribution in [-0.2, 0) is 6.18 Å². The zero-order chi connectivity index (χ0) is 10.8. The van der Waals surface area contributed by atoms with E-state index in [0.717, 1.165) is 12.1 Å². The molecule has 0 aliphatic carbocycles. The van der Waals surface area contributed by atoms with Crippen molar-refractivity contribution in [3.05, 3.63) is 35.4 Å². The van der Waals surface area contributed by atoms with Crippen LogP contribution in [0.15, 0.2) is 24.3 Å². The topological polar surface area (TPSA) is 35.9 Å². The van der Waals surface area contributed by atoms with Crippen molar-refractivity contribution in [2.45, 2.75) is 6.18 Å². The van der Waals surface area contributed by atoms with E-state index in [1.165, 1.54) is 12.1 Å². The van der Waals surface area contributed by atoms with Gasteiger partial charge in [0, 0.05) is 12.6 Å².